The van der Waals surface area contributed by atoms with Crippen LogP contribution in [0.15, 0.2) is 66.7 Å². The van der Waals surface area contributed by atoms with Crippen LogP contribution in [0.3, 0.4) is 0 Å². The van der Waals surface area contributed by atoms with Gasteiger partial charge in [-0.1, -0.05) is 17.4 Å². The minimum atomic E-state index is -4.64. The van der Waals surface area contributed by atoms with Gasteiger partial charge in [0.15, 0.2) is 5.13 Å². The summed E-state index contributed by atoms with van der Waals surface area (Å²) in [6.07, 6.45) is -3.68. The molecule has 0 radical (unpaired) electrons. The van der Waals surface area contributed by atoms with Crippen molar-refractivity contribution in [3.8, 4) is 33.2 Å². The monoisotopic (exact) mass is 599 g/mol. The lowest BCUT2D eigenvalue weighted by molar-refractivity contribution is -0.138. The summed E-state index contributed by atoms with van der Waals surface area (Å²) in [7, 11) is 3.20. The largest absolute Gasteiger partial charge is 0.497 e. The van der Waals surface area contributed by atoms with Crippen LogP contribution < -0.4 is 14.8 Å². The second-order valence-electron chi connectivity index (χ2n) is 9.99. The van der Waals surface area contributed by atoms with Crippen LogP contribution in [0.2, 0.25) is 0 Å². The maximum absolute atomic E-state index is 13.5. The van der Waals surface area contributed by atoms with Crippen LogP contribution in [-0.2, 0) is 17.5 Å². The van der Waals surface area contributed by atoms with E-state index in [1.165, 1.54) is 17.4 Å². The van der Waals surface area contributed by atoms with E-state index < -0.39 is 17.6 Å². The Morgan fingerprint density at radius 1 is 0.952 bits per heavy atom. The molecule has 1 aliphatic rings. The molecule has 11 heteroatoms. The van der Waals surface area contributed by atoms with Gasteiger partial charge in [0, 0.05) is 18.0 Å². The standard InChI is InChI=1S/C31H29F4N3O3S/c1-40-24-9-4-19(5-10-24)27-28(20-6-11-25(41-2)12-7-20)42-30(36-27)37-29(39)21-13-15-38(16-14-21)18-22-3-8-23(32)17-26(22)31(33,34)35/h3-12,17,21H,13-16,18H2,1-2H3,(H,36,37,39). The third-order valence-electron chi connectivity index (χ3n) is 7.30. The summed E-state index contributed by atoms with van der Waals surface area (Å²) in [4.78, 5) is 20.7. The summed E-state index contributed by atoms with van der Waals surface area (Å²) in [5.41, 5.74) is 1.56. The van der Waals surface area contributed by atoms with Crippen molar-refractivity contribution in [2.75, 3.05) is 32.6 Å². The lowest BCUT2D eigenvalue weighted by Crippen LogP contribution is -2.38. The molecule has 5 rings (SSSR count). The average molecular weight is 600 g/mol. The highest BCUT2D eigenvalue weighted by atomic mass is 32.1. The first-order valence-electron chi connectivity index (χ1n) is 13.3. The fourth-order valence-corrected chi connectivity index (χ4v) is 6.00. The average Bonchev–Trinajstić information content (AvgIpc) is 3.41. The van der Waals surface area contributed by atoms with Gasteiger partial charge in [-0.05, 0) is 97.7 Å². The molecule has 4 aromatic rings. The number of carbonyl (C=O) groups is 1. The minimum absolute atomic E-state index is 0.0201. The fraction of sp³-hybridized carbons (Fsp3) is 0.290. The number of hydrogen-bond acceptors (Lipinski definition) is 6. The van der Waals surface area contributed by atoms with E-state index in [1.54, 1.807) is 14.2 Å². The number of rotatable bonds is 8. The van der Waals surface area contributed by atoms with Crippen molar-refractivity contribution in [3.63, 3.8) is 0 Å². The molecule has 0 atom stereocenters. The summed E-state index contributed by atoms with van der Waals surface area (Å²) < 4.78 is 64.3. The molecule has 6 nitrogen and oxygen atoms in total. The second-order valence-corrected chi connectivity index (χ2v) is 11.0. The van der Waals surface area contributed by atoms with E-state index in [9.17, 15) is 22.4 Å². The van der Waals surface area contributed by atoms with Gasteiger partial charge in [0.2, 0.25) is 5.91 Å². The smallest absolute Gasteiger partial charge is 0.416 e. The first kappa shape index (κ1) is 29.5. The molecule has 1 fully saturated rings. The van der Waals surface area contributed by atoms with Crippen molar-refractivity contribution in [3.05, 3.63) is 83.7 Å². The minimum Gasteiger partial charge on any atom is -0.497 e. The van der Waals surface area contributed by atoms with Crippen molar-refractivity contribution in [2.45, 2.75) is 25.6 Å². The van der Waals surface area contributed by atoms with E-state index >= 15 is 0 Å². The van der Waals surface area contributed by atoms with E-state index in [4.69, 9.17) is 14.5 Å². The maximum atomic E-state index is 13.5. The Labute approximate surface area is 244 Å². The van der Waals surface area contributed by atoms with Gasteiger partial charge in [0.25, 0.3) is 0 Å². The van der Waals surface area contributed by atoms with Crippen molar-refractivity contribution in [1.82, 2.24) is 9.88 Å². The van der Waals surface area contributed by atoms with E-state index in [0.29, 0.717) is 42.9 Å². The summed E-state index contributed by atoms with van der Waals surface area (Å²) in [5.74, 6) is 0.0316. The number of hydrogen-bond donors (Lipinski definition) is 1. The Hall–Kier alpha value is -3.96. The van der Waals surface area contributed by atoms with E-state index in [1.807, 2.05) is 53.4 Å². The number of carbonyl (C=O) groups excluding carboxylic acids is 1. The zero-order valence-electron chi connectivity index (χ0n) is 23.0. The molecule has 1 saturated heterocycles. The molecule has 1 aliphatic heterocycles. The first-order valence-corrected chi connectivity index (χ1v) is 14.1. The van der Waals surface area contributed by atoms with Gasteiger partial charge in [-0.3, -0.25) is 9.69 Å². The van der Waals surface area contributed by atoms with E-state index in [0.717, 1.165) is 33.5 Å². The van der Waals surface area contributed by atoms with Gasteiger partial charge in [0.05, 0.1) is 30.4 Å². The number of anilines is 1. The Morgan fingerprint density at radius 2 is 1.55 bits per heavy atom. The molecule has 3 aromatic carbocycles. The normalized spacial score (nSPS) is 14.5. The molecular weight excluding hydrogens is 570 g/mol. The summed E-state index contributed by atoms with van der Waals surface area (Å²) >= 11 is 1.37. The van der Waals surface area contributed by atoms with Gasteiger partial charge in [-0.2, -0.15) is 13.2 Å². The molecule has 2 heterocycles. The predicted octanol–water partition coefficient (Wildman–Crippen LogP) is 7.50. The zero-order chi connectivity index (χ0) is 29.9. The van der Waals surface area contributed by atoms with Crippen molar-refractivity contribution >= 4 is 22.4 Å². The fourth-order valence-electron chi connectivity index (χ4n) is 5.01. The van der Waals surface area contributed by atoms with E-state index in [-0.39, 0.29) is 23.9 Å². The van der Waals surface area contributed by atoms with Crippen molar-refractivity contribution in [1.29, 1.82) is 0 Å². The Morgan fingerprint density at radius 3 is 2.12 bits per heavy atom. The molecule has 220 valence electrons. The number of methoxy groups -OCH3 is 2. The van der Waals surface area contributed by atoms with Crippen LogP contribution >= 0.6 is 11.3 Å². The summed E-state index contributed by atoms with van der Waals surface area (Å²) in [6.45, 7) is 0.921. The second kappa shape index (κ2) is 12.5. The van der Waals surface area contributed by atoms with Gasteiger partial charge >= 0.3 is 6.18 Å². The Bertz CT molecular complexity index is 1470. The number of likely N-dealkylation sites (tertiary alicyclic amines) is 1. The van der Waals surface area contributed by atoms with Gasteiger partial charge < -0.3 is 14.8 Å². The Kier molecular flexibility index (Phi) is 8.79. The van der Waals surface area contributed by atoms with Gasteiger partial charge in [-0.25, -0.2) is 9.37 Å². The number of halogens is 4. The quantitative estimate of drug-likeness (QED) is 0.213. The molecular formula is C31H29F4N3O3S. The predicted molar refractivity (Wildman–Crippen MR) is 154 cm³/mol. The number of aromatic nitrogens is 1. The topological polar surface area (TPSA) is 63.7 Å². The van der Waals surface area contributed by atoms with E-state index in [2.05, 4.69) is 5.32 Å². The number of benzene rings is 3. The number of ether oxygens (including phenoxy) is 2. The third kappa shape index (κ3) is 6.74. The molecule has 0 unspecified atom stereocenters. The molecule has 1 amide bonds. The van der Waals surface area contributed by atoms with Crippen molar-refractivity contribution < 1.29 is 31.8 Å². The van der Waals surface area contributed by atoms with Crippen LogP contribution in [0.5, 0.6) is 11.5 Å². The summed E-state index contributed by atoms with van der Waals surface area (Å²) in [6, 6.07) is 17.9. The SMILES string of the molecule is COc1ccc(-c2nc(NC(=O)C3CCN(Cc4ccc(F)cc4C(F)(F)F)CC3)sc2-c2ccc(OC)cc2)cc1. The lowest BCUT2D eigenvalue weighted by Gasteiger charge is -2.31. The Balaban J connectivity index is 1.29. The lowest BCUT2D eigenvalue weighted by atomic mass is 9.95. The number of nitrogens with one attached hydrogen (secondary N) is 1. The first-order chi connectivity index (χ1) is 20.1. The highest BCUT2D eigenvalue weighted by Gasteiger charge is 2.35. The molecule has 0 bridgehead atoms. The molecule has 0 spiro atoms. The van der Waals surface area contributed by atoms with Crippen LogP contribution in [-0.4, -0.2) is 43.1 Å². The molecule has 0 aliphatic carbocycles. The highest BCUT2D eigenvalue weighted by molar-refractivity contribution is 7.19. The molecule has 1 N–H and O–H groups in total. The number of alkyl halides is 3. The van der Waals surface area contributed by atoms with Crippen LogP contribution in [0.25, 0.3) is 21.7 Å². The molecule has 0 saturated carbocycles. The van der Waals surface area contributed by atoms with Crippen molar-refractivity contribution in [2.24, 2.45) is 5.92 Å². The van der Waals surface area contributed by atoms with Gasteiger partial charge in [-0.15, -0.1) is 0 Å². The van der Waals surface area contributed by atoms with Crippen LogP contribution in [0.1, 0.15) is 24.0 Å². The summed E-state index contributed by atoms with van der Waals surface area (Å²) in [5, 5.41) is 3.43. The van der Waals surface area contributed by atoms with Gasteiger partial charge in [0.1, 0.15) is 17.3 Å². The third-order valence-corrected chi connectivity index (χ3v) is 8.32. The molecule has 42 heavy (non-hydrogen) atoms. The number of amides is 1. The number of piperidine rings is 1. The van der Waals surface area contributed by atoms with Crippen LogP contribution in [0, 0.1) is 11.7 Å². The maximum Gasteiger partial charge on any atom is 0.416 e. The number of nitrogens with zero attached hydrogens (tertiary/aromatic N) is 2. The number of thiazole rings is 1. The van der Waals surface area contributed by atoms with Crippen LogP contribution in [0.4, 0.5) is 22.7 Å². The zero-order valence-corrected chi connectivity index (χ0v) is 23.8. The highest BCUT2D eigenvalue weighted by Crippen LogP contribution is 2.40. The molecule has 1 aromatic heterocycles.